The number of sulfonamides is 1. The molecule has 1 fully saturated rings. The van der Waals surface area contributed by atoms with Crippen LogP contribution in [0.25, 0.3) is 6.08 Å². The molecule has 146 valence electrons. The zero-order valence-corrected chi connectivity index (χ0v) is 16.0. The number of carbonyl (C=O) groups excluding carboxylic acids is 1. The molecule has 8 nitrogen and oxygen atoms in total. The van der Waals surface area contributed by atoms with Gasteiger partial charge in [-0.15, -0.1) is 0 Å². The third-order valence-electron chi connectivity index (χ3n) is 4.40. The fourth-order valence-electron chi connectivity index (χ4n) is 2.89. The van der Waals surface area contributed by atoms with Gasteiger partial charge in [0.1, 0.15) is 0 Å². The number of benzene rings is 2. The highest BCUT2D eigenvalue weighted by atomic mass is 32.2. The first-order valence-electron chi connectivity index (χ1n) is 8.61. The highest BCUT2D eigenvalue weighted by Gasteiger charge is 2.28. The van der Waals surface area contributed by atoms with Crippen LogP contribution in [0, 0.1) is 17.0 Å². The van der Waals surface area contributed by atoms with Crippen molar-refractivity contribution in [2.24, 2.45) is 0 Å². The number of nitrogens with one attached hydrogen (secondary N) is 1. The Kier molecular flexibility index (Phi) is 5.46. The van der Waals surface area contributed by atoms with Gasteiger partial charge in [-0.2, -0.15) is 0 Å². The minimum absolute atomic E-state index is 0.0997. The van der Waals surface area contributed by atoms with Crippen LogP contribution < -0.4 is 9.62 Å². The van der Waals surface area contributed by atoms with Crippen molar-refractivity contribution >= 4 is 39.1 Å². The summed E-state index contributed by atoms with van der Waals surface area (Å²) in [5.74, 6) is -0.263. The summed E-state index contributed by atoms with van der Waals surface area (Å²) < 4.78 is 25.3. The van der Waals surface area contributed by atoms with E-state index in [1.807, 2.05) is 0 Å². The molecule has 0 saturated carbocycles. The number of nitrogens with zero attached hydrogens (tertiary/aromatic N) is 2. The third kappa shape index (κ3) is 4.37. The highest BCUT2D eigenvalue weighted by Crippen LogP contribution is 2.25. The van der Waals surface area contributed by atoms with E-state index in [1.54, 1.807) is 43.3 Å². The van der Waals surface area contributed by atoms with E-state index in [4.69, 9.17) is 0 Å². The van der Waals surface area contributed by atoms with E-state index >= 15 is 0 Å². The van der Waals surface area contributed by atoms with E-state index in [2.05, 4.69) is 5.32 Å². The van der Waals surface area contributed by atoms with Crippen LogP contribution in [0.5, 0.6) is 0 Å². The number of aryl methyl sites for hydroxylation is 1. The van der Waals surface area contributed by atoms with Gasteiger partial charge in [-0.25, -0.2) is 8.42 Å². The minimum Gasteiger partial charge on any atom is -0.322 e. The Morgan fingerprint density at radius 2 is 1.93 bits per heavy atom. The molecule has 1 N–H and O–H groups in total. The maximum absolute atomic E-state index is 12.1. The lowest BCUT2D eigenvalue weighted by atomic mass is 10.1. The topological polar surface area (TPSA) is 110 Å². The molecule has 1 amide bonds. The molecular weight excluding hydrogens is 382 g/mol. The summed E-state index contributed by atoms with van der Waals surface area (Å²) in [6.45, 7) is 2.22. The number of nitro benzene ring substituents is 1. The average Bonchev–Trinajstić information content (AvgIpc) is 3.01. The van der Waals surface area contributed by atoms with E-state index in [0.717, 1.165) is 5.56 Å². The Labute approximate surface area is 162 Å². The molecule has 0 aromatic heterocycles. The summed E-state index contributed by atoms with van der Waals surface area (Å²) in [5, 5.41) is 13.5. The summed E-state index contributed by atoms with van der Waals surface area (Å²) in [6.07, 6.45) is 3.52. The molecular formula is C19H19N3O5S. The predicted octanol–water partition coefficient (Wildman–Crippen LogP) is 3.10. The van der Waals surface area contributed by atoms with Gasteiger partial charge in [-0.3, -0.25) is 19.2 Å². The summed E-state index contributed by atoms with van der Waals surface area (Å²) in [6, 6.07) is 11.1. The normalized spacial score (nSPS) is 15.7. The number of hydrogen-bond acceptors (Lipinski definition) is 5. The van der Waals surface area contributed by atoms with Crippen molar-refractivity contribution in [2.75, 3.05) is 21.9 Å². The van der Waals surface area contributed by atoms with Crippen LogP contribution in [0.1, 0.15) is 17.5 Å². The van der Waals surface area contributed by atoms with Crippen molar-refractivity contribution in [3.63, 3.8) is 0 Å². The van der Waals surface area contributed by atoms with Crippen LogP contribution >= 0.6 is 0 Å². The van der Waals surface area contributed by atoms with Gasteiger partial charge in [0, 0.05) is 24.8 Å². The van der Waals surface area contributed by atoms with Gasteiger partial charge in [-0.05, 0) is 42.7 Å². The number of nitro groups is 1. The Bertz CT molecular complexity index is 1050. The molecule has 0 unspecified atom stereocenters. The van der Waals surface area contributed by atoms with Gasteiger partial charge in [-0.1, -0.05) is 18.2 Å². The van der Waals surface area contributed by atoms with Crippen LogP contribution in [0.4, 0.5) is 17.1 Å². The first-order chi connectivity index (χ1) is 13.3. The zero-order valence-electron chi connectivity index (χ0n) is 15.2. The molecule has 0 atom stereocenters. The molecule has 0 spiro atoms. The Hall–Kier alpha value is -3.20. The monoisotopic (exact) mass is 401 g/mol. The van der Waals surface area contributed by atoms with Crippen LogP contribution in [0.2, 0.25) is 0 Å². The Balaban J connectivity index is 1.68. The molecule has 3 rings (SSSR count). The van der Waals surface area contributed by atoms with Crippen LogP contribution in [0.15, 0.2) is 48.5 Å². The summed E-state index contributed by atoms with van der Waals surface area (Å²) >= 11 is 0. The average molecular weight is 401 g/mol. The fourth-order valence-corrected chi connectivity index (χ4v) is 4.45. The maximum Gasteiger partial charge on any atom is 0.271 e. The second-order valence-electron chi connectivity index (χ2n) is 6.41. The van der Waals surface area contributed by atoms with E-state index in [9.17, 15) is 23.3 Å². The Morgan fingerprint density at radius 1 is 1.21 bits per heavy atom. The summed E-state index contributed by atoms with van der Waals surface area (Å²) in [7, 11) is -3.22. The van der Waals surface area contributed by atoms with E-state index < -0.39 is 20.9 Å². The fraction of sp³-hybridized carbons (Fsp3) is 0.211. The number of non-ortho nitro benzene ring substituents is 1. The standard InChI is InChI=1S/C19H19N3O5S/c1-14-3-7-17(22(24)25)13-18(14)20-19(23)10-6-15-4-8-16(9-5-15)21-11-2-12-28(21,26)27/h3-10,13H,2,11-12H2,1H3,(H,20,23). The maximum atomic E-state index is 12.1. The van der Waals surface area contributed by atoms with Crippen molar-refractivity contribution in [3.05, 3.63) is 69.8 Å². The van der Waals surface area contributed by atoms with E-state index in [1.165, 1.54) is 22.5 Å². The van der Waals surface area contributed by atoms with Crippen LogP contribution in [-0.4, -0.2) is 31.5 Å². The molecule has 2 aromatic carbocycles. The van der Waals surface area contributed by atoms with Gasteiger partial charge in [0.15, 0.2) is 0 Å². The first kappa shape index (κ1) is 19.6. The Morgan fingerprint density at radius 3 is 2.54 bits per heavy atom. The molecule has 0 bridgehead atoms. The smallest absolute Gasteiger partial charge is 0.271 e. The second-order valence-corrected chi connectivity index (χ2v) is 8.42. The van der Waals surface area contributed by atoms with Gasteiger partial charge < -0.3 is 5.32 Å². The second kappa shape index (κ2) is 7.81. The van der Waals surface area contributed by atoms with Crippen molar-refractivity contribution in [1.82, 2.24) is 0 Å². The summed E-state index contributed by atoms with van der Waals surface area (Å²) in [4.78, 5) is 22.5. The SMILES string of the molecule is Cc1ccc([N+](=O)[O-])cc1NC(=O)C=Cc1ccc(N2CCCS2(=O)=O)cc1. The summed E-state index contributed by atoms with van der Waals surface area (Å²) in [5.41, 5.74) is 2.32. The van der Waals surface area contributed by atoms with Gasteiger partial charge in [0.2, 0.25) is 15.9 Å². The first-order valence-corrected chi connectivity index (χ1v) is 10.2. The molecule has 9 heteroatoms. The molecule has 1 heterocycles. The number of rotatable bonds is 5. The van der Waals surface area contributed by atoms with Gasteiger partial charge in [0.25, 0.3) is 5.69 Å². The molecule has 0 radical (unpaired) electrons. The van der Waals surface area contributed by atoms with Crippen LogP contribution in [-0.2, 0) is 14.8 Å². The number of carbonyl (C=O) groups is 1. The molecule has 1 aliphatic heterocycles. The minimum atomic E-state index is -3.22. The lowest BCUT2D eigenvalue weighted by Crippen LogP contribution is -2.24. The number of hydrogen-bond donors (Lipinski definition) is 1. The number of amides is 1. The molecule has 2 aromatic rings. The third-order valence-corrected chi connectivity index (χ3v) is 6.27. The molecule has 0 aliphatic carbocycles. The van der Waals surface area contributed by atoms with Crippen molar-refractivity contribution < 1.29 is 18.1 Å². The highest BCUT2D eigenvalue weighted by molar-refractivity contribution is 7.93. The van der Waals surface area contributed by atoms with Gasteiger partial charge in [0.05, 0.1) is 22.1 Å². The number of anilines is 2. The largest absolute Gasteiger partial charge is 0.322 e. The lowest BCUT2D eigenvalue weighted by molar-refractivity contribution is -0.384. The molecule has 1 aliphatic rings. The quantitative estimate of drug-likeness (QED) is 0.470. The predicted molar refractivity (Wildman–Crippen MR) is 108 cm³/mol. The van der Waals surface area contributed by atoms with Crippen molar-refractivity contribution in [3.8, 4) is 0 Å². The van der Waals surface area contributed by atoms with Gasteiger partial charge >= 0.3 is 0 Å². The zero-order chi connectivity index (χ0) is 20.3. The van der Waals surface area contributed by atoms with Crippen molar-refractivity contribution in [1.29, 1.82) is 0 Å². The molecule has 1 saturated heterocycles. The van der Waals surface area contributed by atoms with Crippen LogP contribution in [0.3, 0.4) is 0 Å². The van der Waals surface area contributed by atoms with E-state index in [0.29, 0.717) is 29.9 Å². The van der Waals surface area contributed by atoms with Crippen molar-refractivity contribution in [2.45, 2.75) is 13.3 Å². The molecule has 28 heavy (non-hydrogen) atoms. The lowest BCUT2D eigenvalue weighted by Gasteiger charge is -2.16. The van der Waals surface area contributed by atoms with E-state index in [-0.39, 0.29) is 11.4 Å².